The molecule has 0 unspecified atom stereocenters. The molecule has 4 heterocycles. The minimum absolute atomic E-state index is 0.0858. The minimum atomic E-state index is -0.257. The number of thiocarbonyl (C=S) groups is 3. The minimum Gasteiger partial charge on any atom is -0.496 e. The maximum atomic E-state index is 12.2. The van der Waals surface area contributed by atoms with Crippen LogP contribution < -0.4 is 55.7 Å². The molecule has 0 atom stereocenters. The largest absolute Gasteiger partial charge is 0.496 e. The number of carbonyl (C=O) groups excluding carboxylic acids is 3. The Bertz CT molecular complexity index is 4120. The van der Waals surface area contributed by atoms with Crippen LogP contribution in [0.15, 0.2) is 114 Å². The second kappa shape index (κ2) is 26.3. The Labute approximate surface area is 558 Å². The molecule has 12 rings (SSSR count). The molecule has 0 radical (unpaired) electrons. The van der Waals surface area contributed by atoms with E-state index in [4.69, 9.17) is 55.6 Å². The van der Waals surface area contributed by atoms with E-state index in [1.54, 1.807) is 34.5 Å². The van der Waals surface area contributed by atoms with Crippen LogP contribution in [0, 0.1) is 6.92 Å². The van der Waals surface area contributed by atoms with E-state index in [1.807, 2.05) is 48.6 Å². The fraction of sp³-hybridized carbons (Fsp3) is 0.360. The molecule has 4 aliphatic heterocycles. The maximum absolute atomic E-state index is 12.2. The lowest BCUT2D eigenvalue weighted by Crippen LogP contribution is -2.35. The summed E-state index contributed by atoms with van der Waals surface area (Å²) in [7, 11) is 6.67. The third-order valence-corrected chi connectivity index (χ3v) is 19.5. The molecular weight excluding hydrogens is 1210 g/mol. The zero-order chi connectivity index (χ0) is 66.4. The summed E-state index contributed by atoms with van der Waals surface area (Å²) in [4.78, 5) is 38.7. The molecule has 0 bridgehead atoms. The first-order chi connectivity index (χ1) is 43.5. The third kappa shape index (κ3) is 13.7. The molecule has 0 aromatic heterocycles. The fourth-order valence-corrected chi connectivity index (χ4v) is 14.1. The smallest absolute Gasteiger partial charge is 0.273 e. The van der Waals surface area contributed by atoms with E-state index in [0.717, 1.165) is 93.1 Å². The summed E-state index contributed by atoms with van der Waals surface area (Å²) in [6, 6.07) is 34.3. The van der Waals surface area contributed by atoms with Gasteiger partial charge in [0.2, 0.25) is 0 Å². The predicted octanol–water partition coefficient (Wildman–Crippen LogP) is 14.3. The van der Waals surface area contributed by atoms with Crippen molar-refractivity contribution >= 4 is 93.6 Å². The van der Waals surface area contributed by atoms with Crippen LogP contribution in [0.2, 0.25) is 0 Å². The number of nitrogens with zero attached hydrogens (tertiary/aromatic N) is 1. The van der Waals surface area contributed by atoms with Gasteiger partial charge < -0.3 is 39.8 Å². The Balaban J connectivity index is 0.000000151. The van der Waals surface area contributed by atoms with Gasteiger partial charge in [0.1, 0.15) is 40.1 Å². The van der Waals surface area contributed by atoms with Crippen LogP contribution in [0.3, 0.4) is 0 Å². The number of rotatable bonds is 11. The van der Waals surface area contributed by atoms with Gasteiger partial charge in [-0.1, -0.05) is 104 Å². The van der Waals surface area contributed by atoms with E-state index < -0.39 is 0 Å². The van der Waals surface area contributed by atoms with Crippen molar-refractivity contribution in [3.63, 3.8) is 0 Å². The molecule has 14 nitrogen and oxygen atoms in total. The first kappa shape index (κ1) is 66.5. The summed E-state index contributed by atoms with van der Waals surface area (Å²) in [5.41, 5.74) is 20.2. The van der Waals surface area contributed by atoms with Gasteiger partial charge in [-0.15, -0.1) is 0 Å². The lowest BCUT2D eigenvalue weighted by molar-refractivity contribution is -0.116. The average molecular weight is 1290 g/mol. The molecule has 92 heavy (non-hydrogen) atoms. The number of carbonyl (C=O) groups is 3. The van der Waals surface area contributed by atoms with E-state index in [0.29, 0.717) is 44.2 Å². The number of fused-ring (bicyclic) bond motifs is 3. The van der Waals surface area contributed by atoms with E-state index >= 15 is 0 Å². The Kier molecular flexibility index (Phi) is 19.0. The van der Waals surface area contributed by atoms with Crippen LogP contribution in [0.4, 0.5) is 5.69 Å². The fourth-order valence-electron chi connectivity index (χ4n) is 13.5. The Morgan fingerprint density at radius 1 is 0.478 bits per heavy atom. The van der Waals surface area contributed by atoms with Crippen LogP contribution >= 0.6 is 36.7 Å². The number of methoxy groups -OCH3 is 4. The van der Waals surface area contributed by atoms with Gasteiger partial charge in [-0.3, -0.25) is 30.3 Å². The van der Waals surface area contributed by atoms with E-state index in [-0.39, 0.29) is 39.4 Å². The lowest BCUT2D eigenvalue weighted by atomic mass is 9.63. The molecule has 6 aromatic rings. The average Bonchev–Trinajstić information content (AvgIpc) is 0.971. The number of benzene rings is 6. The first-order valence-electron chi connectivity index (χ1n) is 31.4. The van der Waals surface area contributed by atoms with Crippen molar-refractivity contribution in [2.24, 2.45) is 0 Å². The monoisotopic (exact) mass is 1290 g/mol. The first-order valence-corrected chi connectivity index (χ1v) is 32.6. The zero-order valence-corrected chi connectivity index (χ0v) is 58.0. The highest BCUT2D eigenvalue weighted by Gasteiger charge is 2.39. The molecule has 0 spiro atoms. The molecule has 3 amide bonds. The lowest BCUT2D eigenvalue weighted by Gasteiger charge is -2.42. The van der Waals surface area contributed by atoms with Crippen LogP contribution in [0.5, 0.6) is 23.0 Å². The number of anilines is 1. The molecule has 6 aromatic carbocycles. The van der Waals surface area contributed by atoms with Gasteiger partial charge in [-0.05, 0) is 246 Å². The van der Waals surface area contributed by atoms with Crippen LogP contribution in [0.1, 0.15) is 151 Å². The van der Waals surface area contributed by atoms with Crippen molar-refractivity contribution in [2.75, 3.05) is 39.9 Å². The Hall–Kier alpha value is -8.38. The molecule has 6 N–H and O–H groups in total. The van der Waals surface area contributed by atoms with Crippen molar-refractivity contribution in [2.45, 2.75) is 142 Å². The molecule has 0 saturated carbocycles. The van der Waals surface area contributed by atoms with Crippen LogP contribution in [-0.2, 0) is 42.5 Å². The highest BCUT2D eigenvalue weighted by molar-refractivity contribution is 7.80. The number of hydrogen-bond donors (Lipinski definition) is 6. The zero-order valence-electron chi connectivity index (χ0n) is 55.5. The molecule has 17 heteroatoms. The van der Waals surface area contributed by atoms with Gasteiger partial charge in [0.15, 0.2) is 15.3 Å². The van der Waals surface area contributed by atoms with Crippen molar-refractivity contribution in [1.29, 1.82) is 0 Å². The third-order valence-electron chi connectivity index (χ3n) is 18.9. The standard InChI is InChI=1S/C26H30N2O3S.C25H28N2O2S.C24H27N3O2S/c1-25(2)11-12-26(3,4)18-13-15(7-9-17(18)25)21-20(30-5)10-8-16(22(21)31-6)14-19-23(29)28-24(32)27-19;1-24(2)10-11-25(3,4)19-14-16(7-8-18(19)24)17-12-15(6-9-21(17)29-5)13-20-22(28)27-23(30)26-20;1-14(2)27-9-5-6-17-13-18(15(3)10-21(17)27)19-11-16(7-8-22(19)29-4)12-20-23(28)26-24(30)25-20/h7-10,13-14H,11-12H2,1-6H3,(H2,27,28,29,32);6-9,12-14H,10-11H2,1-5H3,(H2,26,27,28,30);7-8,10-14H,5-6,9H2,1-4H3,(H2,25,26,28,30)/b19-14-;20-13-;20-12-. The van der Waals surface area contributed by atoms with E-state index in [1.165, 1.54) is 58.3 Å². The van der Waals surface area contributed by atoms with Crippen molar-refractivity contribution in [1.82, 2.24) is 31.9 Å². The number of aryl methyl sites for hydroxylation is 2. The quantitative estimate of drug-likeness (QED) is 0.0536. The molecule has 2 aliphatic carbocycles. The summed E-state index contributed by atoms with van der Waals surface area (Å²) < 4.78 is 22.9. The number of nitrogens with one attached hydrogen (secondary N) is 6. The number of amides is 3. The SMILES string of the molecule is COc1ccc(/C=C2\NC(=S)NC2=O)c(OC)c1-c1ccc2c(c1)C(C)(C)CCC2(C)C.COc1ccc(/C=C2\NC(=S)NC2=O)cc1-c1cc2c(cc1C)N(C(C)C)CCC2.COc1ccc(/C=C2\NC(=S)NC2=O)cc1-c1ccc2c(c1)C(C)(C)CCC2(C)C. The molecule has 480 valence electrons. The van der Waals surface area contributed by atoms with Crippen molar-refractivity contribution < 1.29 is 33.3 Å². The summed E-state index contributed by atoms with van der Waals surface area (Å²) in [6.07, 6.45) is 12.3. The van der Waals surface area contributed by atoms with E-state index in [9.17, 15) is 14.4 Å². The molecular formula is C75H85N7O7S3. The van der Waals surface area contributed by atoms with Crippen LogP contribution in [-0.4, -0.2) is 74.1 Å². The van der Waals surface area contributed by atoms with Crippen molar-refractivity contribution in [3.05, 3.63) is 164 Å². The second-order valence-electron chi connectivity index (χ2n) is 27.3. The molecule has 6 aliphatic rings. The predicted molar refractivity (Wildman–Crippen MR) is 384 cm³/mol. The van der Waals surface area contributed by atoms with Crippen molar-refractivity contribution in [3.8, 4) is 56.4 Å². The summed E-state index contributed by atoms with van der Waals surface area (Å²) in [5, 5.41) is 17.5. The number of ether oxygens (including phenoxy) is 4. The molecule has 3 saturated heterocycles. The van der Waals surface area contributed by atoms with Crippen LogP contribution in [0.25, 0.3) is 51.6 Å². The van der Waals surface area contributed by atoms with Gasteiger partial charge in [-0.2, -0.15) is 0 Å². The topological polar surface area (TPSA) is 164 Å². The van der Waals surface area contributed by atoms with Gasteiger partial charge in [0.25, 0.3) is 17.7 Å². The second-order valence-corrected chi connectivity index (χ2v) is 28.6. The highest BCUT2D eigenvalue weighted by Crippen LogP contribution is 2.51. The van der Waals surface area contributed by atoms with Gasteiger partial charge in [-0.25, -0.2) is 0 Å². The normalized spacial score (nSPS) is 19.2. The Morgan fingerprint density at radius 3 is 1.39 bits per heavy atom. The maximum Gasteiger partial charge on any atom is 0.273 e. The summed E-state index contributed by atoms with van der Waals surface area (Å²) in [5.74, 6) is 2.31. The van der Waals surface area contributed by atoms with Gasteiger partial charge in [0, 0.05) is 35.0 Å². The Morgan fingerprint density at radius 2 is 0.924 bits per heavy atom. The van der Waals surface area contributed by atoms with E-state index in [2.05, 4.69) is 174 Å². The van der Waals surface area contributed by atoms with Gasteiger partial charge >= 0.3 is 0 Å². The van der Waals surface area contributed by atoms with Gasteiger partial charge in [0.05, 0.1) is 34.0 Å². The summed E-state index contributed by atoms with van der Waals surface area (Å²) >= 11 is 15.1. The summed E-state index contributed by atoms with van der Waals surface area (Å²) in [6.45, 7) is 26.3. The number of hydrogen-bond acceptors (Lipinski definition) is 11. The highest BCUT2D eigenvalue weighted by atomic mass is 32.1. The molecule has 3 fully saturated rings.